The third-order valence-corrected chi connectivity index (χ3v) is 7.65. The summed E-state index contributed by atoms with van der Waals surface area (Å²) in [6.45, 7) is 8.57. The summed E-state index contributed by atoms with van der Waals surface area (Å²) < 4.78 is 18.1. The molecule has 1 aliphatic rings. The van der Waals surface area contributed by atoms with Gasteiger partial charge in [-0.2, -0.15) is 0 Å². The number of aliphatic hydroxyl groups is 1. The predicted molar refractivity (Wildman–Crippen MR) is 161 cm³/mol. The van der Waals surface area contributed by atoms with Crippen LogP contribution in [0.5, 0.6) is 11.5 Å². The van der Waals surface area contributed by atoms with Gasteiger partial charge < -0.3 is 29.1 Å². The van der Waals surface area contributed by atoms with Crippen LogP contribution in [0.3, 0.4) is 0 Å². The Morgan fingerprint density at radius 2 is 1.82 bits per heavy atom. The fourth-order valence-corrected chi connectivity index (χ4v) is 5.07. The van der Waals surface area contributed by atoms with Crippen LogP contribution in [-0.4, -0.2) is 93.6 Å². The van der Waals surface area contributed by atoms with Crippen LogP contribution in [0.4, 0.5) is 5.69 Å². The van der Waals surface area contributed by atoms with Crippen molar-refractivity contribution in [3.05, 3.63) is 53.6 Å². The van der Waals surface area contributed by atoms with Crippen molar-refractivity contribution < 1.29 is 24.1 Å². The van der Waals surface area contributed by atoms with E-state index >= 15 is 0 Å². The molecule has 222 valence electrons. The molecule has 0 saturated carbocycles. The molecule has 1 aliphatic heterocycles. The SMILES string of the molecule is COc1ccc(CN(C)C[C@H]2OCCCC[C@@H](C)Oc3ccc(N(C)C)cc3C(=O)N([C@H](C)CO)C[C@H]2C)cc1. The third-order valence-electron chi connectivity index (χ3n) is 7.65. The molecule has 3 rings (SSSR count). The Bertz CT molecular complexity index is 1060. The zero-order valence-corrected chi connectivity index (χ0v) is 25.4. The molecule has 0 unspecified atom stereocenters. The lowest BCUT2D eigenvalue weighted by Crippen LogP contribution is -2.47. The first kappa shape index (κ1) is 31.7. The highest BCUT2D eigenvalue weighted by molar-refractivity contribution is 5.98. The minimum absolute atomic E-state index is 0.0336. The number of likely N-dealkylation sites (N-methyl/N-ethyl adjacent to an activating group) is 1. The number of carbonyl (C=O) groups excluding carboxylic acids is 1. The highest BCUT2D eigenvalue weighted by Crippen LogP contribution is 2.29. The molecule has 0 radical (unpaired) electrons. The van der Waals surface area contributed by atoms with Crippen molar-refractivity contribution in [3.63, 3.8) is 0 Å². The molecule has 0 aromatic heterocycles. The monoisotopic (exact) mass is 555 g/mol. The smallest absolute Gasteiger partial charge is 0.258 e. The number of aliphatic hydroxyl groups excluding tert-OH is 1. The van der Waals surface area contributed by atoms with E-state index in [2.05, 4.69) is 31.0 Å². The van der Waals surface area contributed by atoms with E-state index in [1.807, 2.05) is 63.2 Å². The normalized spacial score (nSPS) is 21.8. The second-order valence-corrected chi connectivity index (χ2v) is 11.4. The van der Waals surface area contributed by atoms with E-state index in [-0.39, 0.29) is 36.7 Å². The summed E-state index contributed by atoms with van der Waals surface area (Å²) >= 11 is 0. The first-order valence-corrected chi connectivity index (χ1v) is 14.5. The molecule has 4 atom stereocenters. The van der Waals surface area contributed by atoms with Crippen molar-refractivity contribution in [2.45, 2.75) is 64.8 Å². The summed E-state index contributed by atoms with van der Waals surface area (Å²) in [5.41, 5.74) is 2.65. The van der Waals surface area contributed by atoms with Crippen LogP contribution in [0.1, 0.15) is 56.0 Å². The molecule has 1 N–H and O–H groups in total. The third kappa shape index (κ3) is 8.85. The Hall–Kier alpha value is -2.81. The van der Waals surface area contributed by atoms with Crippen molar-refractivity contribution in [1.82, 2.24) is 9.80 Å². The minimum atomic E-state index is -0.353. The van der Waals surface area contributed by atoms with E-state index in [0.29, 0.717) is 24.5 Å². The Balaban J connectivity index is 1.87. The number of benzene rings is 2. The molecule has 8 nitrogen and oxygen atoms in total. The van der Waals surface area contributed by atoms with Gasteiger partial charge in [0, 0.05) is 51.9 Å². The number of hydrogen-bond acceptors (Lipinski definition) is 7. The quantitative estimate of drug-likeness (QED) is 0.507. The molecule has 0 aliphatic carbocycles. The molecule has 1 amide bonds. The lowest BCUT2D eigenvalue weighted by Gasteiger charge is -2.36. The summed E-state index contributed by atoms with van der Waals surface area (Å²) in [7, 11) is 7.69. The van der Waals surface area contributed by atoms with Crippen molar-refractivity contribution in [1.29, 1.82) is 0 Å². The van der Waals surface area contributed by atoms with Crippen LogP contribution in [0.25, 0.3) is 0 Å². The molecule has 8 heteroatoms. The van der Waals surface area contributed by atoms with Gasteiger partial charge in [-0.25, -0.2) is 0 Å². The average molecular weight is 556 g/mol. The maximum atomic E-state index is 14.1. The predicted octanol–water partition coefficient (Wildman–Crippen LogP) is 4.69. The van der Waals surface area contributed by atoms with Gasteiger partial charge in [-0.15, -0.1) is 0 Å². The molecule has 1 heterocycles. The molecule has 2 aromatic carbocycles. The Labute approximate surface area is 240 Å². The average Bonchev–Trinajstić information content (AvgIpc) is 2.94. The summed E-state index contributed by atoms with van der Waals surface area (Å²) in [6, 6.07) is 13.5. The number of carbonyl (C=O) groups is 1. The molecule has 40 heavy (non-hydrogen) atoms. The largest absolute Gasteiger partial charge is 0.497 e. The number of methoxy groups -OCH3 is 1. The maximum absolute atomic E-state index is 14.1. The van der Waals surface area contributed by atoms with Gasteiger partial charge in [0.15, 0.2) is 0 Å². The highest BCUT2D eigenvalue weighted by Gasteiger charge is 2.30. The Kier molecular flexibility index (Phi) is 12.1. The molecule has 0 fully saturated rings. The number of anilines is 1. The number of fused-ring (bicyclic) bond motifs is 1. The molecule has 0 spiro atoms. The van der Waals surface area contributed by atoms with Crippen LogP contribution in [0.2, 0.25) is 0 Å². The standard InChI is InChI=1S/C32H49N3O5/c1-23-19-35(24(2)22-36)32(37)29-18-27(33(4)5)13-16-30(29)40-25(3)10-8-9-17-39-31(23)21-34(6)20-26-11-14-28(38-7)15-12-26/h11-16,18,23-25,31,36H,8-10,17,19-22H2,1-7H3/t23-,24-,25-,31-/m1/s1. The summed E-state index contributed by atoms with van der Waals surface area (Å²) in [5, 5.41) is 10.1. The van der Waals surface area contributed by atoms with Crippen LogP contribution in [-0.2, 0) is 11.3 Å². The lowest BCUT2D eigenvalue weighted by molar-refractivity contribution is -0.0177. The fourth-order valence-electron chi connectivity index (χ4n) is 5.07. The van der Waals surface area contributed by atoms with E-state index in [4.69, 9.17) is 14.2 Å². The van der Waals surface area contributed by atoms with Crippen LogP contribution >= 0.6 is 0 Å². The Morgan fingerprint density at radius 3 is 2.48 bits per heavy atom. The second-order valence-electron chi connectivity index (χ2n) is 11.4. The van der Waals surface area contributed by atoms with E-state index in [1.165, 1.54) is 5.56 Å². The van der Waals surface area contributed by atoms with Crippen LogP contribution in [0, 0.1) is 5.92 Å². The molecule has 2 aromatic rings. The zero-order chi connectivity index (χ0) is 29.2. The number of ether oxygens (including phenoxy) is 3. The number of rotatable bonds is 8. The second kappa shape index (κ2) is 15.3. The summed E-state index contributed by atoms with van der Waals surface area (Å²) in [5.74, 6) is 1.34. The van der Waals surface area contributed by atoms with Crippen LogP contribution < -0.4 is 14.4 Å². The molecular weight excluding hydrogens is 506 g/mol. The first-order valence-electron chi connectivity index (χ1n) is 14.5. The van der Waals surface area contributed by atoms with Gasteiger partial charge in [0.25, 0.3) is 5.91 Å². The maximum Gasteiger partial charge on any atom is 0.258 e. The zero-order valence-electron chi connectivity index (χ0n) is 25.4. The van der Waals surface area contributed by atoms with Gasteiger partial charge in [-0.3, -0.25) is 9.69 Å². The number of hydrogen-bond donors (Lipinski definition) is 1. The van der Waals surface area contributed by atoms with Gasteiger partial charge >= 0.3 is 0 Å². The van der Waals surface area contributed by atoms with Gasteiger partial charge in [-0.1, -0.05) is 19.1 Å². The van der Waals surface area contributed by atoms with E-state index in [9.17, 15) is 9.90 Å². The number of amides is 1. The fraction of sp³-hybridized carbons (Fsp3) is 0.594. The lowest BCUT2D eigenvalue weighted by atomic mass is 10.0. The van der Waals surface area contributed by atoms with Gasteiger partial charge in [0.05, 0.1) is 37.5 Å². The van der Waals surface area contributed by atoms with Gasteiger partial charge in [-0.05, 0) is 76.1 Å². The van der Waals surface area contributed by atoms with Crippen molar-refractivity contribution in [2.75, 3.05) is 59.5 Å². The van der Waals surface area contributed by atoms with E-state index < -0.39 is 0 Å². The van der Waals surface area contributed by atoms with Gasteiger partial charge in [0.1, 0.15) is 11.5 Å². The molecule has 0 saturated heterocycles. The summed E-state index contributed by atoms with van der Waals surface area (Å²) in [4.78, 5) is 20.1. The van der Waals surface area contributed by atoms with Gasteiger partial charge in [0.2, 0.25) is 0 Å². The minimum Gasteiger partial charge on any atom is -0.497 e. The van der Waals surface area contributed by atoms with Crippen LogP contribution in [0.15, 0.2) is 42.5 Å². The van der Waals surface area contributed by atoms with E-state index in [1.54, 1.807) is 12.0 Å². The van der Waals surface area contributed by atoms with E-state index in [0.717, 1.165) is 43.8 Å². The highest BCUT2D eigenvalue weighted by atomic mass is 16.5. The first-order chi connectivity index (χ1) is 19.1. The molecule has 0 bridgehead atoms. The summed E-state index contributed by atoms with van der Waals surface area (Å²) in [6.07, 6.45) is 2.70. The van der Waals surface area contributed by atoms with Crippen molar-refractivity contribution >= 4 is 11.6 Å². The Morgan fingerprint density at radius 1 is 1.10 bits per heavy atom. The molecular formula is C32H49N3O5. The topological polar surface area (TPSA) is 74.7 Å². The van der Waals surface area contributed by atoms with Crippen molar-refractivity contribution in [2.24, 2.45) is 5.92 Å². The number of nitrogens with zero attached hydrogens (tertiary/aromatic N) is 3. The van der Waals surface area contributed by atoms with Crippen molar-refractivity contribution in [3.8, 4) is 11.5 Å².